The van der Waals surface area contributed by atoms with Crippen LogP contribution in [-0.4, -0.2) is 17.3 Å². The maximum atomic E-state index is 13.6. The molecular formula is C14H16FN3O. The van der Waals surface area contributed by atoms with Gasteiger partial charge in [0.15, 0.2) is 11.6 Å². The molecule has 0 saturated heterocycles. The number of hydrogen-bond acceptors (Lipinski definition) is 4. The second-order valence-electron chi connectivity index (χ2n) is 4.21. The van der Waals surface area contributed by atoms with E-state index in [-0.39, 0.29) is 17.6 Å². The lowest BCUT2D eigenvalue weighted by Crippen LogP contribution is -2.19. The molecule has 2 rings (SSSR count). The van der Waals surface area contributed by atoms with Gasteiger partial charge in [0.05, 0.1) is 12.8 Å². The number of methoxy groups -OCH3 is 1. The molecule has 4 nitrogen and oxygen atoms in total. The summed E-state index contributed by atoms with van der Waals surface area (Å²) in [5, 5.41) is 11.1. The number of nitrogens with zero attached hydrogens (tertiary/aromatic N) is 2. The van der Waals surface area contributed by atoms with Crippen molar-refractivity contribution in [1.82, 2.24) is 15.5 Å². The summed E-state index contributed by atoms with van der Waals surface area (Å²) in [5.74, 6) is -0.0990. The van der Waals surface area contributed by atoms with Gasteiger partial charge in [0.2, 0.25) is 0 Å². The van der Waals surface area contributed by atoms with Crippen molar-refractivity contribution >= 4 is 0 Å². The highest BCUT2D eigenvalue weighted by Gasteiger charge is 2.09. The van der Waals surface area contributed by atoms with Crippen LogP contribution in [0.15, 0.2) is 36.5 Å². The quantitative estimate of drug-likeness (QED) is 0.898. The smallest absolute Gasteiger partial charge is 0.165 e. The zero-order valence-corrected chi connectivity index (χ0v) is 10.9. The summed E-state index contributed by atoms with van der Waals surface area (Å²) in [7, 11) is 1.45. The Bertz CT molecular complexity index is 533. The number of halogens is 1. The first-order valence-corrected chi connectivity index (χ1v) is 6.04. The van der Waals surface area contributed by atoms with Crippen LogP contribution in [0.1, 0.15) is 24.2 Å². The van der Waals surface area contributed by atoms with Crippen LogP contribution in [0.5, 0.6) is 5.75 Å². The molecule has 0 aliphatic carbocycles. The van der Waals surface area contributed by atoms with Gasteiger partial charge < -0.3 is 10.1 Å². The molecule has 1 heterocycles. The van der Waals surface area contributed by atoms with Gasteiger partial charge in [0, 0.05) is 18.8 Å². The van der Waals surface area contributed by atoms with Crippen molar-refractivity contribution in [1.29, 1.82) is 0 Å². The van der Waals surface area contributed by atoms with Crippen LogP contribution in [0.2, 0.25) is 0 Å². The van der Waals surface area contributed by atoms with Crippen LogP contribution < -0.4 is 10.1 Å². The summed E-state index contributed by atoms with van der Waals surface area (Å²) in [4.78, 5) is 0. The minimum atomic E-state index is -0.354. The minimum absolute atomic E-state index is 0.0161. The lowest BCUT2D eigenvalue weighted by molar-refractivity contribution is 0.385. The molecule has 5 heteroatoms. The van der Waals surface area contributed by atoms with E-state index in [1.54, 1.807) is 12.3 Å². The summed E-state index contributed by atoms with van der Waals surface area (Å²) < 4.78 is 18.5. The van der Waals surface area contributed by atoms with Gasteiger partial charge in [0.1, 0.15) is 0 Å². The highest BCUT2D eigenvalue weighted by molar-refractivity contribution is 5.30. The Morgan fingerprint density at radius 3 is 2.84 bits per heavy atom. The van der Waals surface area contributed by atoms with E-state index < -0.39 is 0 Å². The summed E-state index contributed by atoms with van der Waals surface area (Å²) in [6.45, 7) is 2.56. The molecule has 1 aromatic heterocycles. The van der Waals surface area contributed by atoms with E-state index in [0.29, 0.717) is 6.54 Å². The average molecular weight is 261 g/mol. The molecule has 0 spiro atoms. The van der Waals surface area contributed by atoms with Gasteiger partial charge in [-0.25, -0.2) is 4.39 Å². The molecule has 0 aliphatic heterocycles. The van der Waals surface area contributed by atoms with Gasteiger partial charge in [-0.05, 0) is 36.8 Å². The van der Waals surface area contributed by atoms with E-state index >= 15 is 0 Å². The average Bonchev–Trinajstić information content (AvgIpc) is 2.45. The fourth-order valence-corrected chi connectivity index (χ4v) is 1.76. The SMILES string of the molecule is COc1ccc(C(C)NCc2cccnn2)cc1F. The Morgan fingerprint density at radius 1 is 1.37 bits per heavy atom. The van der Waals surface area contributed by atoms with Crippen LogP contribution in [0.25, 0.3) is 0 Å². The Balaban J connectivity index is 2.00. The van der Waals surface area contributed by atoms with E-state index in [1.165, 1.54) is 13.2 Å². The standard InChI is InChI=1S/C14H16FN3O/c1-10(16-9-12-4-3-7-17-18-12)11-5-6-14(19-2)13(15)8-11/h3-8,10,16H,9H2,1-2H3. The molecule has 19 heavy (non-hydrogen) atoms. The predicted molar refractivity (Wildman–Crippen MR) is 70.2 cm³/mol. The highest BCUT2D eigenvalue weighted by Crippen LogP contribution is 2.21. The third kappa shape index (κ3) is 3.48. The van der Waals surface area contributed by atoms with Gasteiger partial charge in [-0.15, -0.1) is 0 Å². The van der Waals surface area contributed by atoms with Crippen LogP contribution >= 0.6 is 0 Å². The summed E-state index contributed by atoms with van der Waals surface area (Å²) >= 11 is 0. The van der Waals surface area contributed by atoms with Crippen molar-refractivity contribution in [2.24, 2.45) is 0 Å². The lowest BCUT2D eigenvalue weighted by atomic mass is 10.1. The van der Waals surface area contributed by atoms with E-state index in [2.05, 4.69) is 15.5 Å². The van der Waals surface area contributed by atoms with Crippen LogP contribution in [0.3, 0.4) is 0 Å². The number of ether oxygens (including phenoxy) is 1. The summed E-state index contributed by atoms with van der Waals surface area (Å²) in [5.41, 5.74) is 1.71. The van der Waals surface area contributed by atoms with Crippen LogP contribution in [0, 0.1) is 5.82 Å². The monoisotopic (exact) mass is 261 g/mol. The van der Waals surface area contributed by atoms with Gasteiger partial charge in [-0.2, -0.15) is 10.2 Å². The van der Waals surface area contributed by atoms with Gasteiger partial charge in [-0.1, -0.05) is 6.07 Å². The normalized spacial score (nSPS) is 12.2. The van der Waals surface area contributed by atoms with Crippen LogP contribution in [-0.2, 0) is 6.54 Å². The van der Waals surface area contributed by atoms with E-state index in [1.807, 2.05) is 25.1 Å². The van der Waals surface area contributed by atoms with Crippen LogP contribution in [0.4, 0.5) is 4.39 Å². The second-order valence-corrected chi connectivity index (χ2v) is 4.21. The number of benzene rings is 1. The number of nitrogens with one attached hydrogen (secondary N) is 1. The fourth-order valence-electron chi connectivity index (χ4n) is 1.76. The molecule has 0 radical (unpaired) electrons. The van der Waals surface area contributed by atoms with Crippen molar-refractivity contribution < 1.29 is 9.13 Å². The molecule has 1 unspecified atom stereocenters. The van der Waals surface area contributed by atoms with Crippen molar-refractivity contribution in [3.63, 3.8) is 0 Å². The zero-order chi connectivity index (χ0) is 13.7. The maximum absolute atomic E-state index is 13.6. The Kier molecular flexibility index (Phi) is 4.41. The van der Waals surface area contributed by atoms with Gasteiger partial charge in [-0.3, -0.25) is 0 Å². The van der Waals surface area contributed by atoms with E-state index in [0.717, 1.165) is 11.3 Å². The molecule has 0 bridgehead atoms. The first kappa shape index (κ1) is 13.4. The Hall–Kier alpha value is -2.01. The molecule has 0 amide bonds. The summed E-state index contributed by atoms with van der Waals surface area (Å²) in [6, 6.07) is 8.69. The zero-order valence-electron chi connectivity index (χ0n) is 10.9. The summed E-state index contributed by atoms with van der Waals surface area (Å²) in [6.07, 6.45) is 1.63. The third-order valence-corrected chi connectivity index (χ3v) is 2.89. The maximum Gasteiger partial charge on any atom is 0.165 e. The van der Waals surface area contributed by atoms with Crippen molar-refractivity contribution in [3.05, 3.63) is 53.6 Å². The molecule has 1 aromatic carbocycles. The molecular weight excluding hydrogens is 245 g/mol. The van der Waals surface area contributed by atoms with E-state index in [4.69, 9.17) is 4.74 Å². The van der Waals surface area contributed by atoms with Gasteiger partial charge in [0.25, 0.3) is 0 Å². The fraction of sp³-hybridized carbons (Fsp3) is 0.286. The number of hydrogen-bond donors (Lipinski definition) is 1. The van der Waals surface area contributed by atoms with E-state index in [9.17, 15) is 4.39 Å². The first-order chi connectivity index (χ1) is 9.20. The number of aromatic nitrogens is 2. The minimum Gasteiger partial charge on any atom is -0.494 e. The topological polar surface area (TPSA) is 47.0 Å². The molecule has 1 atom stereocenters. The predicted octanol–water partition coefficient (Wildman–Crippen LogP) is 2.48. The molecule has 100 valence electrons. The second kappa shape index (κ2) is 6.24. The Morgan fingerprint density at radius 2 is 2.21 bits per heavy atom. The number of rotatable bonds is 5. The highest BCUT2D eigenvalue weighted by atomic mass is 19.1. The largest absolute Gasteiger partial charge is 0.494 e. The third-order valence-electron chi connectivity index (χ3n) is 2.89. The first-order valence-electron chi connectivity index (χ1n) is 6.04. The lowest BCUT2D eigenvalue weighted by Gasteiger charge is -2.14. The molecule has 0 fully saturated rings. The molecule has 1 N–H and O–H groups in total. The molecule has 0 saturated carbocycles. The Labute approximate surface area is 111 Å². The van der Waals surface area contributed by atoms with Gasteiger partial charge >= 0.3 is 0 Å². The van der Waals surface area contributed by atoms with Crippen molar-refractivity contribution in [2.75, 3.05) is 7.11 Å². The van der Waals surface area contributed by atoms with Crippen molar-refractivity contribution in [2.45, 2.75) is 19.5 Å². The molecule has 0 aliphatic rings. The molecule has 2 aromatic rings. The van der Waals surface area contributed by atoms with Crippen molar-refractivity contribution in [3.8, 4) is 5.75 Å².